The van der Waals surface area contributed by atoms with Gasteiger partial charge in [-0.25, -0.2) is 0 Å². The molecule has 0 fully saturated rings. The molecule has 1 N–H and O–H groups in total. The van der Waals surface area contributed by atoms with Crippen molar-refractivity contribution in [2.45, 2.75) is 33.6 Å². The fourth-order valence-electron chi connectivity index (χ4n) is 2.44. The summed E-state index contributed by atoms with van der Waals surface area (Å²) in [6.45, 7) is 6.81. The first-order valence-corrected chi connectivity index (χ1v) is 8.52. The summed E-state index contributed by atoms with van der Waals surface area (Å²) in [6.07, 6.45) is 0.406. The smallest absolute Gasteiger partial charge is 0.220 e. The molecule has 0 saturated carbocycles. The molecule has 0 radical (unpaired) electrons. The van der Waals surface area contributed by atoms with Gasteiger partial charge in [0, 0.05) is 18.4 Å². The molecular formula is C21H25NO3. The average Bonchev–Trinajstić information content (AvgIpc) is 2.59. The van der Waals surface area contributed by atoms with Crippen molar-refractivity contribution in [3.8, 4) is 5.75 Å². The van der Waals surface area contributed by atoms with E-state index in [1.807, 2.05) is 63.2 Å². The predicted octanol–water partition coefficient (Wildman–Crippen LogP) is 3.77. The summed E-state index contributed by atoms with van der Waals surface area (Å²) >= 11 is 0. The van der Waals surface area contributed by atoms with E-state index in [1.165, 1.54) is 0 Å². The topological polar surface area (TPSA) is 55.4 Å². The van der Waals surface area contributed by atoms with Crippen molar-refractivity contribution in [3.05, 3.63) is 64.7 Å². The minimum absolute atomic E-state index is 0.00531. The van der Waals surface area contributed by atoms with E-state index in [2.05, 4.69) is 5.32 Å². The second-order valence-corrected chi connectivity index (χ2v) is 6.24. The molecule has 0 aliphatic carbocycles. The third kappa shape index (κ3) is 6.07. The molecule has 0 unspecified atom stereocenters. The van der Waals surface area contributed by atoms with Crippen molar-refractivity contribution in [2.24, 2.45) is 0 Å². The van der Waals surface area contributed by atoms with Crippen LogP contribution in [0.5, 0.6) is 5.75 Å². The molecule has 0 atom stereocenters. The fraction of sp³-hybridized carbons (Fsp3) is 0.333. The van der Waals surface area contributed by atoms with Crippen LogP contribution in [0.1, 0.15) is 39.9 Å². The minimum Gasteiger partial charge on any atom is -0.492 e. The number of carbonyl (C=O) groups is 2. The number of carbonyl (C=O) groups excluding carboxylic acids is 2. The van der Waals surface area contributed by atoms with Gasteiger partial charge in [-0.3, -0.25) is 9.59 Å². The third-order valence-corrected chi connectivity index (χ3v) is 4.09. The van der Waals surface area contributed by atoms with Crippen LogP contribution in [-0.4, -0.2) is 24.8 Å². The zero-order valence-corrected chi connectivity index (χ0v) is 15.1. The molecule has 4 nitrogen and oxygen atoms in total. The first kappa shape index (κ1) is 18.7. The third-order valence-electron chi connectivity index (χ3n) is 4.09. The van der Waals surface area contributed by atoms with Crippen LogP contribution in [0.15, 0.2) is 42.5 Å². The van der Waals surface area contributed by atoms with Gasteiger partial charge in [-0.1, -0.05) is 24.3 Å². The Bertz CT molecular complexity index is 753. The van der Waals surface area contributed by atoms with Crippen LogP contribution < -0.4 is 10.1 Å². The molecule has 0 aliphatic rings. The minimum atomic E-state index is -0.134. The lowest BCUT2D eigenvalue weighted by molar-refractivity contribution is -0.121. The Labute approximate surface area is 149 Å². The molecule has 0 heterocycles. The van der Waals surface area contributed by atoms with Crippen molar-refractivity contribution < 1.29 is 14.3 Å². The van der Waals surface area contributed by atoms with E-state index in [1.54, 1.807) is 0 Å². The molecule has 0 aromatic heterocycles. The van der Waals surface area contributed by atoms with Crippen LogP contribution in [0.2, 0.25) is 0 Å². The molecular weight excluding hydrogens is 314 g/mol. The largest absolute Gasteiger partial charge is 0.492 e. The van der Waals surface area contributed by atoms with Gasteiger partial charge in [0.1, 0.15) is 12.4 Å². The zero-order valence-electron chi connectivity index (χ0n) is 15.1. The normalized spacial score (nSPS) is 10.4. The summed E-state index contributed by atoms with van der Waals surface area (Å²) in [5.74, 6) is 0.651. The molecule has 2 rings (SSSR count). The number of hydrogen-bond donors (Lipinski definition) is 1. The first-order valence-electron chi connectivity index (χ1n) is 8.52. The Morgan fingerprint density at radius 1 is 0.960 bits per heavy atom. The van der Waals surface area contributed by atoms with Crippen molar-refractivity contribution in [1.82, 2.24) is 5.32 Å². The molecule has 2 aromatic carbocycles. The van der Waals surface area contributed by atoms with E-state index < -0.39 is 0 Å². The molecule has 0 aliphatic heterocycles. The Balaban J connectivity index is 1.68. The van der Waals surface area contributed by atoms with Crippen molar-refractivity contribution in [2.75, 3.05) is 13.2 Å². The summed E-state index contributed by atoms with van der Waals surface area (Å²) in [7, 11) is 0. The Morgan fingerprint density at radius 2 is 1.76 bits per heavy atom. The maximum atomic E-state index is 12.2. The van der Waals surface area contributed by atoms with E-state index >= 15 is 0 Å². The summed E-state index contributed by atoms with van der Waals surface area (Å²) in [6, 6.07) is 13.4. The van der Waals surface area contributed by atoms with Gasteiger partial charge in [-0.15, -0.1) is 0 Å². The molecule has 1 amide bonds. The van der Waals surface area contributed by atoms with Gasteiger partial charge in [0.2, 0.25) is 5.91 Å². The fourth-order valence-corrected chi connectivity index (χ4v) is 2.44. The molecule has 2 aromatic rings. The van der Waals surface area contributed by atoms with E-state index in [0.717, 1.165) is 22.4 Å². The van der Waals surface area contributed by atoms with Crippen LogP contribution in [0, 0.1) is 20.8 Å². The highest BCUT2D eigenvalue weighted by molar-refractivity contribution is 5.98. The second-order valence-electron chi connectivity index (χ2n) is 6.24. The van der Waals surface area contributed by atoms with Crippen LogP contribution in [0.25, 0.3) is 0 Å². The van der Waals surface area contributed by atoms with Gasteiger partial charge in [-0.05, 0) is 55.7 Å². The maximum Gasteiger partial charge on any atom is 0.220 e. The number of hydrogen-bond acceptors (Lipinski definition) is 3. The van der Waals surface area contributed by atoms with E-state index in [9.17, 15) is 9.59 Å². The molecule has 4 heteroatoms. The van der Waals surface area contributed by atoms with Gasteiger partial charge in [0.05, 0.1) is 6.54 Å². The molecule has 0 bridgehead atoms. The molecule has 25 heavy (non-hydrogen) atoms. The lowest BCUT2D eigenvalue weighted by Gasteiger charge is -2.08. The molecule has 132 valence electrons. The number of nitrogens with one attached hydrogen (secondary N) is 1. The standard InChI is InChI=1S/C21H25NO3/c1-15-5-4-6-19(13-15)25-12-11-22-21(24)10-9-20(23)18-8-7-16(2)17(3)14-18/h4-8,13-14H,9-12H2,1-3H3,(H,22,24). The van der Waals surface area contributed by atoms with Crippen molar-refractivity contribution in [3.63, 3.8) is 0 Å². The lowest BCUT2D eigenvalue weighted by atomic mass is 10.0. The summed E-state index contributed by atoms with van der Waals surface area (Å²) in [5.41, 5.74) is 4.04. The number of ether oxygens (including phenoxy) is 1. The molecule has 0 saturated heterocycles. The monoisotopic (exact) mass is 339 g/mol. The number of benzene rings is 2. The van der Waals surface area contributed by atoms with Gasteiger partial charge in [0.15, 0.2) is 5.78 Å². The lowest BCUT2D eigenvalue weighted by Crippen LogP contribution is -2.28. The summed E-state index contributed by atoms with van der Waals surface area (Å²) in [5, 5.41) is 2.78. The zero-order chi connectivity index (χ0) is 18.2. The SMILES string of the molecule is Cc1cccc(OCCNC(=O)CCC(=O)c2ccc(C)c(C)c2)c1. The van der Waals surface area contributed by atoms with Crippen molar-refractivity contribution in [1.29, 1.82) is 0 Å². The Hall–Kier alpha value is -2.62. The van der Waals surface area contributed by atoms with Crippen molar-refractivity contribution >= 4 is 11.7 Å². The number of rotatable bonds is 8. The number of aryl methyl sites for hydroxylation is 3. The first-order chi connectivity index (χ1) is 12.0. The van der Waals surface area contributed by atoms with Crippen LogP contribution in [0.4, 0.5) is 0 Å². The van der Waals surface area contributed by atoms with E-state index in [-0.39, 0.29) is 24.5 Å². The van der Waals surface area contributed by atoms with Gasteiger partial charge < -0.3 is 10.1 Å². The van der Waals surface area contributed by atoms with Gasteiger partial charge in [-0.2, -0.15) is 0 Å². The second kappa shape index (κ2) is 9.02. The van der Waals surface area contributed by atoms with Gasteiger partial charge in [0.25, 0.3) is 0 Å². The molecule has 0 spiro atoms. The van der Waals surface area contributed by atoms with Gasteiger partial charge >= 0.3 is 0 Å². The van der Waals surface area contributed by atoms with Crippen LogP contribution in [0.3, 0.4) is 0 Å². The summed E-state index contributed by atoms with van der Waals surface area (Å²) < 4.78 is 5.57. The number of ketones is 1. The van der Waals surface area contributed by atoms with E-state index in [0.29, 0.717) is 18.7 Å². The highest BCUT2D eigenvalue weighted by atomic mass is 16.5. The highest BCUT2D eigenvalue weighted by Gasteiger charge is 2.10. The van der Waals surface area contributed by atoms with Crippen LogP contribution >= 0.6 is 0 Å². The Morgan fingerprint density at radius 3 is 2.48 bits per heavy atom. The maximum absolute atomic E-state index is 12.2. The Kier molecular flexibility index (Phi) is 6.75. The number of amides is 1. The average molecular weight is 339 g/mol. The summed E-state index contributed by atoms with van der Waals surface area (Å²) in [4.78, 5) is 24.0. The van der Waals surface area contributed by atoms with E-state index in [4.69, 9.17) is 4.74 Å². The quantitative estimate of drug-likeness (QED) is 0.588. The highest BCUT2D eigenvalue weighted by Crippen LogP contribution is 2.13. The predicted molar refractivity (Wildman–Crippen MR) is 99.2 cm³/mol. The number of Topliss-reactive ketones (excluding diaryl/α,β-unsaturated/α-hetero) is 1. The van der Waals surface area contributed by atoms with Crippen LogP contribution in [-0.2, 0) is 4.79 Å².